The Labute approximate surface area is 101 Å². The first-order valence-electron chi connectivity index (χ1n) is 5.89. The molecule has 1 aromatic rings. The summed E-state index contributed by atoms with van der Waals surface area (Å²) < 4.78 is 10.5. The third-order valence-electron chi connectivity index (χ3n) is 2.82. The summed E-state index contributed by atoms with van der Waals surface area (Å²) in [5.74, 6) is 0.354. The highest BCUT2D eigenvalue weighted by atomic mass is 16.5. The van der Waals surface area contributed by atoms with Gasteiger partial charge in [0.05, 0.1) is 18.2 Å². The zero-order valence-corrected chi connectivity index (χ0v) is 10.2. The number of fused-ring (bicyclic) bond motifs is 1. The van der Waals surface area contributed by atoms with Crippen LogP contribution in [-0.4, -0.2) is 25.7 Å². The molecule has 0 radical (unpaired) electrons. The molecule has 0 spiro atoms. The number of rotatable bonds is 3. The minimum Gasteiger partial charge on any atom is -0.490 e. The number of ether oxygens (including phenoxy) is 2. The summed E-state index contributed by atoms with van der Waals surface area (Å²) in [6.45, 7) is 5.54. The number of carbonyl (C=O) groups excluding carboxylic acids is 1. The van der Waals surface area contributed by atoms with Crippen molar-refractivity contribution in [1.82, 2.24) is 0 Å². The van der Waals surface area contributed by atoms with Gasteiger partial charge in [0.15, 0.2) is 0 Å². The van der Waals surface area contributed by atoms with Gasteiger partial charge < -0.3 is 14.8 Å². The van der Waals surface area contributed by atoms with Crippen LogP contribution in [0.25, 0.3) is 0 Å². The molecule has 0 aromatic heterocycles. The molecule has 1 N–H and O–H groups in total. The van der Waals surface area contributed by atoms with Crippen LogP contribution in [0.4, 0.5) is 5.69 Å². The largest absolute Gasteiger partial charge is 0.490 e. The van der Waals surface area contributed by atoms with Crippen molar-refractivity contribution in [3.05, 3.63) is 23.8 Å². The quantitative estimate of drug-likeness (QED) is 0.815. The van der Waals surface area contributed by atoms with Crippen LogP contribution in [0.3, 0.4) is 0 Å². The van der Waals surface area contributed by atoms with Crippen LogP contribution in [0, 0.1) is 0 Å². The zero-order chi connectivity index (χ0) is 12.3. The third kappa shape index (κ3) is 2.52. The lowest BCUT2D eigenvalue weighted by Crippen LogP contribution is -2.19. The van der Waals surface area contributed by atoms with Crippen LogP contribution in [-0.2, 0) is 9.53 Å². The Kier molecular flexibility index (Phi) is 3.52. The van der Waals surface area contributed by atoms with Gasteiger partial charge in [0.2, 0.25) is 0 Å². The van der Waals surface area contributed by atoms with E-state index in [1.165, 1.54) is 0 Å². The number of benzene rings is 1. The Bertz CT molecular complexity index is 417. The van der Waals surface area contributed by atoms with E-state index in [2.05, 4.69) is 5.32 Å². The minimum atomic E-state index is -0.259. The first-order chi connectivity index (χ1) is 8.22. The predicted molar refractivity (Wildman–Crippen MR) is 65.5 cm³/mol. The lowest BCUT2D eigenvalue weighted by atomic mass is 10.0. The maximum atomic E-state index is 11.6. The molecular weight excluding hydrogens is 218 g/mol. The second kappa shape index (κ2) is 5.08. The highest BCUT2D eigenvalue weighted by Crippen LogP contribution is 2.31. The van der Waals surface area contributed by atoms with E-state index in [0.29, 0.717) is 13.2 Å². The molecule has 4 nitrogen and oxygen atoms in total. The second-order valence-electron chi connectivity index (χ2n) is 4.00. The molecule has 1 heterocycles. The molecule has 2 rings (SSSR count). The van der Waals surface area contributed by atoms with E-state index in [-0.39, 0.29) is 11.9 Å². The molecule has 0 amide bonds. The fraction of sp³-hybridized carbons (Fsp3) is 0.462. The third-order valence-corrected chi connectivity index (χ3v) is 2.82. The van der Waals surface area contributed by atoms with E-state index >= 15 is 0 Å². The topological polar surface area (TPSA) is 47.6 Å². The van der Waals surface area contributed by atoms with Crippen molar-refractivity contribution >= 4 is 11.7 Å². The normalized spacial score (nSPS) is 15.2. The highest BCUT2D eigenvalue weighted by Gasteiger charge is 2.19. The second-order valence-corrected chi connectivity index (χ2v) is 4.00. The van der Waals surface area contributed by atoms with Gasteiger partial charge in [-0.25, -0.2) is 0 Å². The lowest BCUT2D eigenvalue weighted by molar-refractivity contribution is -0.144. The maximum Gasteiger partial charge on any atom is 0.313 e. The van der Waals surface area contributed by atoms with Crippen molar-refractivity contribution in [3.63, 3.8) is 0 Å². The van der Waals surface area contributed by atoms with Crippen molar-refractivity contribution in [3.8, 4) is 5.75 Å². The molecule has 0 aliphatic carbocycles. The summed E-state index contributed by atoms with van der Waals surface area (Å²) >= 11 is 0. The van der Waals surface area contributed by atoms with Crippen molar-refractivity contribution in [2.24, 2.45) is 0 Å². The molecule has 4 heteroatoms. The Morgan fingerprint density at radius 1 is 1.59 bits per heavy atom. The first-order valence-corrected chi connectivity index (χ1v) is 5.89. The van der Waals surface area contributed by atoms with Gasteiger partial charge in [-0.2, -0.15) is 0 Å². The lowest BCUT2D eigenvalue weighted by Gasteiger charge is -2.20. The monoisotopic (exact) mass is 235 g/mol. The van der Waals surface area contributed by atoms with Gasteiger partial charge in [-0.05, 0) is 31.5 Å². The molecule has 17 heavy (non-hydrogen) atoms. The van der Waals surface area contributed by atoms with E-state index in [0.717, 1.165) is 23.5 Å². The van der Waals surface area contributed by atoms with Gasteiger partial charge >= 0.3 is 5.97 Å². The average molecular weight is 235 g/mol. The molecule has 0 fully saturated rings. The summed E-state index contributed by atoms with van der Waals surface area (Å²) in [7, 11) is 0. The van der Waals surface area contributed by atoms with Gasteiger partial charge in [-0.15, -0.1) is 0 Å². The molecule has 1 atom stereocenters. The van der Waals surface area contributed by atoms with E-state index in [4.69, 9.17) is 9.47 Å². The SMILES string of the molecule is CCOC(=O)C(C)c1ccc2c(c1)OCCN2. The summed E-state index contributed by atoms with van der Waals surface area (Å²) in [5.41, 5.74) is 1.90. The summed E-state index contributed by atoms with van der Waals surface area (Å²) in [4.78, 5) is 11.6. The average Bonchev–Trinajstić information content (AvgIpc) is 2.37. The summed E-state index contributed by atoms with van der Waals surface area (Å²) in [6.07, 6.45) is 0. The van der Waals surface area contributed by atoms with Gasteiger partial charge in [0.1, 0.15) is 12.4 Å². The van der Waals surface area contributed by atoms with Gasteiger partial charge in [-0.3, -0.25) is 4.79 Å². The van der Waals surface area contributed by atoms with Crippen molar-refractivity contribution < 1.29 is 14.3 Å². The highest BCUT2D eigenvalue weighted by molar-refractivity contribution is 5.78. The van der Waals surface area contributed by atoms with Gasteiger partial charge in [-0.1, -0.05) is 6.07 Å². The smallest absolute Gasteiger partial charge is 0.313 e. The zero-order valence-electron chi connectivity index (χ0n) is 10.2. The van der Waals surface area contributed by atoms with E-state index < -0.39 is 0 Å². The summed E-state index contributed by atoms with van der Waals surface area (Å²) in [6, 6.07) is 5.78. The van der Waals surface area contributed by atoms with Crippen LogP contribution in [0.1, 0.15) is 25.3 Å². The fourth-order valence-corrected chi connectivity index (χ4v) is 1.82. The number of carbonyl (C=O) groups is 1. The molecule has 1 aliphatic heterocycles. The van der Waals surface area contributed by atoms with Crippen molar-refractivity contribution in [1.29, 1.82) is 0 Å². The minimum absolute atomic E-state index is 0.198. The molecule has 92 valence electrons. The van der Waals surface area contributed by atoms with Crippen LogP contribution >= 0.6 is 0 Å². The van der Waals surface area contributed by atoms with Crippen molar-refractivity contribution in [2.75, 3.05) is 25.1 Å². The predicted octanol–water partition coefficient (Wildman–Crippen LogP) is 2.16. The number of nitrogens with one attached hydrogen (secondary N) is 1. The number of anilines is 1. The van der Waals surface area contributed by atoms with Crippen LogP contribution < -0.4 is 10.1 Å². The first kappa shape index (κ1) is 11.8. The molecule has 0 saturated carbocycles. The molecule has 1 aromatic carbocycles. The Balaban J connectivity index is 2.18. The van der Waals surface area contributed by atoms with Crippen LogP contribution in [0.15, 0.2) is 18.2 Å². The molecular formula is C13H17NO3. The standard InChI is InChI=1S/C13H17NO3/c1-3-16-13(15)9(2)10-4-5-11-12(8-10)17-7-6-14-11/h4-5,8-9,14H,3,6-7H2,1-2H3. The number of esters is 1. The Morgan fingerprint density at radius 2 is 2.41 bits per heavy atom. The van der Waals surface area contributed by atoms with Crippen LogP contribution in [0.5, 0.6) is 5.75 Å². The summed E-state index contributed by atoms with van der Waals surface area (Å²) in [5, 5.41) is 3.24. The molecule has 1 unspecified atom stereocenters. The number of hydrogen-bond acceptors (Lipinski definition) is 4. The Hall–Kier alpha value is -1.71. The molecule has 0 saturated heterocycles. The fourth-order valence-electron chi connectivity index (χ4n) is 1.82. The van der Waals surface area contributed by atoms with Gasteiger partial charge in [0.25, 0.3) is 0 Å². The van der Waals surface area contributed by atoms with Gasteiger partial charge in [0, 0.05) is 6.54 Å². The van der Waals surface area contributed by atoms with E-state index in [1.807, 2.05) is 32.0 Å². The van der Waals surface area contributed by atoms with Crippen molar-refractivity contribution in [2.45, 2.75) is 19.8 Å². The van der Waals surface area contributed by atoms with E-state index in [9.17, 15) is 4.79 Å². The molecule has 1 aliphatic rings. The Morgan fingerprint density at radius 3 is 3.18 bits per heavy atom. The molecule has 0 bridgehead atoms. The van der Waals surface area contributed by atoms with E-state index in [1.54, 1.807) is 0 Å². The number of hydrogen-bond donors (Lipinski definition) is 1. The maximum absolute atomic E-state index is 11.6. The van der Waals surface area contributed by atoms with Crippen LogP contribution in [0.2, 0.25) is 0 Å².